The van der Waals surface area contributed by atoms with Crippen LogP contribution < -0.4 is 10.9 Å². The Morgan fingerprint density at radius 1 is 1.06 bits per heavy atom. The van der Waals surface area contributed by atoms with Gasteiger partial charge in [0.15, 0.2) is 0 Å². The largest absolute Gasteiger partial charge is 0.417 e. The standard InChI is InChI=1S/C23H19F3N4O.ClH/c24-23(25,26)15-3-6-19(28-12-15)14-7-9-30(22(31)10-14)16-4-5-17-18-13-27-8-1-2-20(18)29-21(17)11-16;/h3-7,9-12,27,29H,1-2,8,13H2;1H. The third-order valence-corrected chi connectivity index (χ3v) is 5.64. The Morgan fingerprint density at radius 3 is 2.62 bits per heavy atom. The summed E-state index contributed by atoms with van der Waals surface area (Å²) in [6.45, 7) is 1.82. The van der Waals surface area contributed by atoms with Gasteiger partial charge >= 0.3 is 6.18 Å². The molecule has 0 fully saturated rings. The van der Waals surface area contributed by atoms with E-state index in [0.717, 1.165) is 49.1 Å². The molecule has 0 bridgehead atoms. The van der Waals surface area contributed by atoms with Crippen molar-refractivity contribution in [3.05, 3.63) is 82.0 Å². The summed E-state index contributed by atoms with van der Waals surface area (Å²) in [6, 6.07) is 11.2. The quantitative estimate of drug-likeness (QED) is 0.449. The molecule has 0 spiro atoms. The molecule has 0 amide bonds. The molecule has 4 aromatic rings. The summed E-state index contributed by atoms with van der Waals surface area (Å²) in [5, 5.41) is 4.57. The molecule has 4 heterocycles. The molecule has 0 radical (unpaired) electrons. The van der Waals surface area contributed by atoms with Crippen molar-refractivity contribution in [1.82, 2.24) is 19.9 Å². The van der Waals surface area contributed by atoms with Crippen LogP contribution in [0.15, 0.2) is 59.7 Å². The van der Waals surface area contributed by atoms with Gasteiger partial charge in [0.1, 0.15) is 0 Å². The number of pyridine rings is 2. The number of nitrogens with zero attached hydrogens (tertiary/aromatic N) is 2. The van der Waals surface area contributed by atoms with Gasteiger partial charge in [-0.15, -0.1) is 12.4 Å². The topological polar surface area (TPSA) is 62.7 Å². The maximum atomic E-state index is 12.8. The van der Waals surface area contributed by atoms with Gasteiger partial charge in [-0.25, -0.2) is 0 Å². The SMILES string of the molecule is Cl.O=c1cc(-c2ccc(C(F)(F)F)cn2)ccn1-c1ccc2c3c([nH]c2c1)CCCNC3. The monoisotopic (exact) mass is 460 g/mol. The molecular formula is C23H20ClF3N4O. The Hall–Kier alpha value is -3.10. The lowest BCUT2D eigenvalue weighted by atomic mass is 10.1. The van der Waals surface area contributed by atoms with Crippen LogP contribution in [0.3, 0.4) is 0 Å². The minimum Gasteiger partial charge on any atom is -0.358 e. The van der Waals surface area contributed by atoms with Crippen LogP contribution >= 0.6 is 12.4 Å². The summed E-state index contributed by atoms with van der Waals surface area (Å²) >= 11 is 0. The fraction of sp³-hybridized carbons (Fsp3) is 0.217. The van der Waals surface area contributed by atoms with Crippen LogP contribution in [0.2, 0.25) is 0 Å². The highest BCUT2D eigenvalue weighted by Crippen LogP contribution is 2.30. The molecule has 0 saturated carbocycles. The first-order valence-corrected chi connectivity index (χ1v) is 10.0. The fourth-order valence-electron chi connectivity index (χ4n) is 4.05. The molecular weight excluding hydrogens is 441 g/mol. The number of hydrogen-bond donors (Lipinski definition) is 2. The highest BCUT2D eigenvalue weighted by molar-refractivity contribution is 5.86. The number of aromatic amines is 1. The Bertz CT molecular complexity index is 1330. The van der Waals surface area contributed by atoms with E-state index in [-0.39, 0.29) is 18.0 Å². The van der Waals surface area contributed by atoms with E-state index in [2.05, 4.69) is 15.3 Å². The van der Waals surface area contributed by atoms with Crippen LogP contribution in [0.4, 0.5) is 13.2 Å². The van der Waals surface area contributed by atoms with Crippen LogP contribution in [-0.2, 0) is 19.1 Å². The van der Waals surface area contributed by atoms with E-state index < -0.39 is 11.7 Å². The van der Waals surface area contributed by atoms with Gasteiger partial charge in [-0.2, -0.15) is 13.2 Å². The van der Waals surface area contributed by atoms with E-state index in [1.54, 1.807) is 12.3 Å². The third kappa shape index (κ3) is 4.03. The molecule has 0 unspecified atom stereocenters. The van der Waals surface area contributed by atoms with Crippen LogP contribution in [0.1, 0.15) is 23.2 Å². The fourth-order valence-corrected chi connectivity index (χ4v) is 4.05. The summed E-state index contributed by atoms with van der Waals surface area (Å²) < 4.78 is 39.7. The minimum atomic E-state index is -4.44. The van der Waals surface area contributed by atoms with Gasteiger partial charge in [0.05, 0.1) is 16.9 Å². The Balaban J connectivity index is 0.00000245. The first-order chi connectivity index (χ1) is 14.9. The Morgan fingerprint density at radius 2 is 1.91 bits per heavy atom. The number of hydrogen-bond acceptors (Lipinski definition) is 3. The number of rotatable bonds is 2. The number of fused-ring (bicyclic) bond motifs is 3. The van der Waals surface area contributed by atoms with Crippen LogP contribution in [0.5, 0.6) is 0 Å². The second-order valence-electron chi connectivity index (χ2n) is 7.65. The van der Waals surface area contributed by atoms with Gasteiger partial charge in [0.25, 0.3) is 5.56 Å². The summed E-state index contributed by atoms with van der Waals surface area (Å²) in [7, 11) is 0. The highest BCUT2D eigenvalue weighted by Gasteiger charge is 2.30. The molecule has 5 nitrogen and oxygen atoms in total. The number of nitrogens with one attached hydrogen (secondary N) is 2. The van der Waals surface area contributed by atoms with Crippen LogP contribution in [0.25, 0.3) is 27.8 Å². The molecule has 0 atom stereocenters. The Kier molecular flexibility index (Phi) is 5.83. The third-order valence-electron chi connectivity index (χ3n) is 5.64. The van der Waals surface area contributed by atoms with Crippen molar-refractivity contribution < 1.29 is 13.2 Å². The lowest BCUT2D eigenvalue weighted by Crippen LogP contribution is -2.16. The molecule has 1 aromatic carbocycles. The van der Waals surface area contributed by atoms with Gasteiger partial charge < -0.3 is 10.3 Å². The van der Waals surface area contributed by atoms with Gasteiger partial charge in [-0.1, -0.05) is 6.07 Å². The van der Waals surface area contributed by atoms with Gasteiger partial charge in [0, 0.05) is 47.2 Å². The number of halogens is 4. The molecule has 9 heteroatoms. The highest BCUT2D eigenvalue weighted by atomic mass is 35.5. The van der Waals surface area contributed by atoms with Crippen molar-refractivity contribution in [3.8, 4) is 16.9 Å². The molecule has 2 N–H and O–H groups in total. The zero-order valence-corrected chi connectivity index (χ0v) is 17.7. The molecule has 5 rings (SSSR count). The number of aryl methyl sites for hydroxylation is 1. The van der Waals surface area contributed by atoms with Crippen LogP contribution in [-0.4, -0.2) is 21.1 Å². The normalized spacial score (nSPS) is 14.0. The first-order valence-electron chi connectivity index (χ1n) is 10.0. The summed E-state index contributed by atoms with van der Waals surface area (Å²) in [4.78, 5) is 20.1. The molecule has 3 aromatic heterocycles. The zero-order valence-electron chi connectivity index (χ0n) is 16.9. The van der Waals surface area contributed by atoms with Crippen molar-refractivity contribution in [3.63, 3.8) is 0 Å². The van der Waals surface area contributed by atoms with Gasteiger partial charge in [-0.05, 0) is 55.3 Å². The van der Waals surface area contributed by atoms with Gasteiger partial charge in [0.2, 0.25) is 0 Å². The minimum absolute atomic E-state index is 0. The summed E-state index contributed by atoms with van der Waals surface area (Å²) in [5.74, 6) is 0. The maximum absolute atomic E-state index is 12.8. The van der Waals surface area contributed by atoms with E-state index in [4.69, 9.17) is 0 Å². The van der Waals surface area contributed by atoms with E-state index >= 15 is 0 Å². The smallest absolute Gasteiger partial charge is 0.358 e. The number of benzene rings is 1. The van der Waals surface area contributed by atoms with Crippen LogP contribution in [0, 0.1) is 0 Å². The summed E-state index contributed by atoms with van der Waals surface area (Å²) in [5.41, 5.74) is 3.87. The van der Waals surface area contributed by atoms with Crippen molar-refractivity contribution in [2.75, 3.05) is 6.54 Å². The van der Waals surface area contributed by atoms with E-state index in [9.17, 15) is 18.0 Å². The first kappa shape index (κ1) is 22.1. The Labute approximate surface area is 187 Å². The molecule has 32 heavy (non-hydrogen) atoms. The van der Waals surface area contributed by atoms with E-state index in [0.29, 0.717) is 16.9 Å². The molecule has 1 aliphatic rings. The van der Waals surface area contributed by atoms with Gasteiger partial charge in [-0.3, -0.25) is 14.3 Å². The zero-order chi connectivity index (χ0) is 21.6. The molecule has 166 valence electrons. The molecule has 0 saturated heterocycles. The maximum Gasteiger partial charge on any atom is 0.417 e. The summed E-state index contributed by atoms with van der Waals surface area (Å²) in [6.07, 6.45) is 0.0129. The lowest BCUT2D eigenvalue weighted by molar-refractivity contribution is -0.137. The molecule has 1 aliphatic heterocycles. The average molecular weight is 461 g/mol. The van der Waals surface area contributed by atoms with E-state index in [1.165, 1.54) is 28.0 Å². The van der Waals surface area contributed by atoms with Crippen molar-refractivity contribution in [2.45, 2.75) is 25.6 Å². The second-order valence-corrected chi connectivity index (χ2v) is 7.65. The molecule has 0 aliphatic carbocycles. The van der Waals surface area contributed by atoms with Crippen molar-refractivity contribution in [2.24, 2.45) is 0 Å². The average Bonchev–Trinajstić information content (AvgIpc) is 2.93. The number of aromatic nitrogens is 3. The number of alkyl halides is 3. The predicted molar refractivity (Wildman–Crippen MR) is 119 cm³/mol. The lowest BCUT2D eigenvalue weighted by Gasteiger charge is -2.09. The van der Waals surface area contributed by atoms with Crippen molar-refractivity contribution in [1.29, 1.82) is 0 Å². The second kappa shape index (κ2) is 8.44. The number of H-pyrrole nitrogens is 1. The van der Waals surface area contributed by atoms with Crippen molar-refractivity contribution >= 4 is 23.3 Å². The van der Waals surface area contributed by atoms with E-state index in [1.807, 2.05) is 18.2 Å². The predicted octanol–water partition coefficient (Wildman–Crippen LogP) is 4.86.